The lowest BCUT2D eigenvalue weighted by Gasteiger charge is -2.19. The summed E-state index contributed by atoms with van der Waals surface area (Å²) in [6.45, 7) is 0. The monoisotopic (exact) mass is 580 g/mol. The Morgan fingerprint density at radius 1 is 0.591 bits per heavy atom. The zero-order valence-corrected chi connectivity index (χ0v) is 23.1. The van der Waals surface area contributed by atoms with E-state index in [0.717, 1.165) is 5.56 Å². The molecule has 0 aliphatic carbocycles. The predicted octanol–water partition coefficient (Wildman–Crippen LogP) is 5.03. The SMILES string of the molecule is O=C(Nc1nc(NC(=O)c2ccccc2)nc(NN2C(=O)C(=Cc3ccccc3)N=C2c2ccccc2)n1)c1ccccc1. The normalized spacial score (nSPS) is 13.4. The third-order valence-corrected chi connectivity index (χ3v) is 6.37. The van der Waals surface area contributed by atoms with E-state index in [0.29, 0.717) is 22.5 Å². The summed E-state index contributed by atoms with van der Waals surface area (Å²) in [5.41, 5.74) is 5.31. The topological polar surface area (TPSA) is 142 Å². The number of amidine groups is 1. The predicted molar refractivity (Wildman–Crippen MR) is 166 cm³/mol. The van der Waals surface area contributed by atoms with Crippen molar-refractivity contribution in [3.8, 4) is 0 Å². The van der Waals surface area contributed by atoms with Gasteiger partial charge in [-0.15, -0.1) is 0 Å². The molecule has 0 saturated carbocycles. The number of carbonyl (C=O) groups excluding carboxylic acids is 3. The molecule has 6 rings (SSSR count). The molecule has 0 spiro atoms. The summed E-state index contributed by atoms with van der Waals surface area (Å²) in [5.74, 6) is -1.51. The van der Waals surface area contributed by atoms with Gasteiger partial charge < -0.3 is 0 Å². The summed E-state index contributed by atoms with van der Waals surface area (Å²) in [7, 11) is 0. The van der Waals surface area contributed by atoms with Crippen molar-refractivity contribution in [3.63, 3.8) is 0 Å². The summed E-state index contributed by atoms with van der Waals surface area (Å²) >= 11 is 0. The minimum Gasteiger partial charge on any atom is -0.290 e. The first-order valence-corrected chi connectivity index (χ1v) is 13.5. The van der Waals surface area contributed by atoms with Gasteiger partial charge in [0.15, 0.2) is 5.84 Å². The van der Waals surface area contributed by atoms with Gasteiger partial charge in [-0.25, -0.2) is 4.99 Å². The second-order valence-electron chi connectivity index (χ2n) is 9.44. The van der Waals surface area contributed by atoms with E-state index in [1.165, 1.54) is 5.01 Å². The Kier molecular flexibility index (Phi) is 7.91. The zero-order chi connectivity index (χ0) is 30.3. The van der Waals surface area contributed by atoms with Gasteiger partial charge in [0, 0.05) is 16.7 Å². The van der Waals surface area contributed by atoms with Crippen LogP contribution in [0.1, 0.15) is 31.8 Å². The van der Waals surface area contributed by atoms with Crippen LogP contribution in [0.5, 0.6) is 0 Å². The lowest BCUT2D eigenvalue weighted by molar-refractivity contribution is -0.121. The van der Waals surface area contributed by atoms with Crippen molar-refractivity contribution in [2.24, 2.45) is 4.99 Å². The van der Waals surface area contributed by atoms with E-state index < -0.39 is 17.7 Å². The number of amides is 3. The maximum Gasteiger partial charge on any atom is 0.297 e. The molecule has 0 atom stereocenters. The van der Waals surface area contributed by atoms with Gasteiger partial charge in [-0.05, 0) is 35.9 Å². The molecule has 3 amide bonds. The Labute approximate surface area is 252 Å². The highest BCUT2D eigenvalue weighted by Gasteiger charge is 2.32. The Bertz CT molecular complexity index is 1810. The molecule has 11 nitrogen and oxygen atoms in total. The molecule has 1 aromatic heterocycles. The fraction of sp³-hybridized carbons (Fsp3) is 0. The van der Waals surface area contributed by atoms with Crippen molar-refractivity contribution >= 4 is 47.5 Å². The molecular formula is C33H24N8O3. The van der Waals surface area contributed by atoms with Gasteiger partial charge >= 0.3 is 0 Å². The summed E-state index contributed by atoms with van der Waals surface area (Å²) < 4.78 is 0. The van der Waals surface area contributed by atoms with Crippen LogP contribution < -0.4 is 16.1 Å². The number of hydrazine groups is 1. The second kappa shape index (κ2) is 12.6. The third kappa shape index (κ3) is 6.37. The van der Waals surface area contributed by atoms with Crippen LogP contribution in [0.15, 0.2) is 132 Å². The quantitative estimate of drug-likeness (QED) is 0.219. The van der Waals surface area contributed by atoms with Crippen LogP contribution >= 0.6 is 0 Å². The molecule has 214 valence electrons. The fourth-order valence-corrected chi connectivity index (χ4v) is 4.27. The van der Waals surface area contributed by atoms with Gasteiger partial charge in [0.2, 0.25) is 17.8 Å². The van der Waals surface area contributed by atoms with Crippen LogP contribution in [0, 0.1) is 0 Å². The number of nitrogens with one attached hydrogen (secondary N) is 3. The Morgan fingerprint density at radius 2 is 1.05 bits per heavy atom. The summed E-state index contributed by atoms with van der Waals surface area (Å²) in [4.78, 5) is 57.0. The Balaban J connectivity index is 1.35. The maximum absolute atomic E-state index is 13.7. The molecule has 11 heteroatoms. The minimum absolute atomic E-state index is 0.121. The molecule has 0 unspecified atom stereocenters. The van der Waals surface area contributed by atoms with Gasteiger partial charge in [0.05, 0.1) is 0 Å². The number of benzene rings is 4. The first-order chi connectivity index (χ1) is 21.5. The molecule has 1 aliphatic heterocycles. The molecule has 0 bridgehead atoms. The number of hydrogen-bond acceptors (Lipinski definition) is 8. The standard InChI is InChI=1S/C33H24N8O3/c42-28(24-17-9-3-10-18-24)35-31-37-32(36-29(43)25-19-11-4-12-20-25)39-33(38-31)40-41-27(23-15-7-2-8-16-23)34-26(30(41)44)21-22-13-5-1-6-14-22/h1-21H,(H3,35,36,37,38,39,40,42,43). The van der Waals surface area contributed by atoms with Gasteiger partial charge in [-0.3, -0.25) is 30.4 Å². The van der Waals surface area contributed by atoms with Crippen molar-refractivity contribution in [2.45, 2.75) is 0 Å². The lowest BCUT2D eigenvalue weighted by atomic mass is 10.2. The van der Waals surface area contributed by atoms with Crippen molar-refractivity contribution in [3.05, 3.63) is 149 Å². The lowest BCUT2D eigenvalue weighted by Crippen LogP contribution is -2.38. The molecule has 1 aliphatic rings. The highest BCUT2D eigenvalue weighted by molar-refractivity contribution is 6.20. The van der Waals surface area contributed by atoms with E-state index in [2.05, 4.69) is 36.0 Å². The first-order valence-electron chi connectivity index (χ1n) is 13.5. The van der Waals surface area contributed by atoms with Crippen LogP contribution in [0.2, 0.25) is 0 Å². The van der Waals surface area contributed by atoms with Gasteiger partial charge in [0.1, 0.15) is 5.70 Å². The highest BCUT2D eigenvalue weighted by atomic mass is 16.2. The van der Waals surface area contributed by atoms with Crippen LogP contribution in [0.4, 0.5) is 17.8 Å². The molecule has 0 fully saturated rings. The number of carbonyl (C=O) groups is 3. The Morgan fingerprint density at radius 3 is 1.57 bits per heavy atom. The molecule has 0 saturated heterocycles. The van der Waals surface area contributed by atoms with Crippen molar-refractivity contribution in [2.75, 3.05) is 16.1 Å². The molecule has 44 heavy (non-hydrogen) atoms. The molecule has 2 heterocycles. The van der Waals surface area contributed by atoms with Crippen molar-refractivity contribution in [1.82, 2.24) is 20.0 Å². The largest absolute Gasteiger partial charge is 0.297 e. The summed E-state index contributed by atoms with van der Waals surface area (Å²) in [5, 5.41) is 6.48. The molecule has 0 radical (unpaired) electrons. The zero-order valence-electron chi connectivity index (χ0n) is 23.1. The Hall–Kier alpha value is -6.49. The number of aromatic nitrogens is 3. The van der Waals surface area contributed by atoms with E-state index in [1.807, 2.05) is 60.7 Å². The number of aliphatic imine (C=N–C) groups is 1. The van der Waals surface area contributed by atoms with E-state index in [-0.39, 0.29) is 23.5 Å². The van der Waals surface area contributed by atoms with Crippen molar-refractivity contribution in [1.29, 1.82) is 0 Å². The molecule has 5 aromatic rings. The highest BCUT2D eigenvalue weighted by Crippen LogP contribution is 2.23. The van der Waals surface area contributed by atoms with Crippen LogP contribution in [-0.4, -0.2) is 43.5 Å². The van der Waals surface area contributed by atoms with Gasteiger partial charge in [0.25, 0.3) is 17.7 Å². The number of rotatable bonds is 8. The first kappa shape index (κ1) is 27.7. The maximum atomic E-state index is 13.7. The average Bonchev–Trinajstić information content (AvgIpc) is 3.36. The van der Waals surface area contributed by atoms with E-state index in [9.17, 15) is 14.4 Å². The molecule has 4 aromatic carbocycles. The fourth-order valence-electron chi connectivity index (χ4n) is 4.27. The second-order valence-corrected chi connectivity index (χ2v) is 9.44. The number of nitrogens with zero attached hydrogens (tertiary/aromatic N) is 5. The third-order valence-electron chi connectivity index (χ3n) is 6.37. The number of hydrogen-bond donors (Lipinski definition) is 3. The van der Waals surface area contributed by atoms with Gasteiger partial charge in [-0.1, -0.05) is 97.1 Å². The molecular weight excluding hydrogens is 556 g/mol. The van der Waals surface area contributed by atoms with E-state index in [4.69, 9.17) is 0 Å². The van der Waals surface area contributed by atoms with Crippen molar-refractivity contribution < 1.29 is 14.4 Å². The summed E-state index contributed by atoms with van der Waals surface area (Å²) in [6, 6.07) is 35.5. The van der Waals surface area contributed by atoms with E-state index in [1.54, 1.807) is 66.7 Å². The smallest absolute Gasteiger partial charge is 0.290 e. The van der Waals surface area contributed by atoms with Crippen LogP contribution in [-0.2, 0) is 4.79 Å². The van der Waals surface area contributed by atoms with E-state index >= 15 is 0 Å². The van der Waals surface area contributed by atoms with Crippen LogP contribution in [0.3, 0.4) is 0 Å². The van der Waals surface area contributed by atoms with Gasteiger partial charge in [-0.2, -0.15) is 20.0 Å². The molecule has 3 N–H and O–H groups in total. The number of anilines is 3. The van der Waals surface area contributed by atoms with Crippen LogP contribution in [0.25, 0.3) is 6.08 Å². The average molecular weight is 581 g/mol. The summed E-state index contributed by atoms with van der Waals surface area (Å²) in [6.07, 6.45) is 1.68. The minimum atomic E-state index is -0.472.